The van der Waals surface area contributed by atoms with Crippen molar-refractivity contribution in [1.29, 1.82) is 0 Å². The fourth-order valence-corrected chi connectivity index (χ4v) is 10.4. The zero-order valence-electron chi connectivity index (χ0n) is 23.1. The topological polar surface area (TPSA) is 12.0 Å². The maximum absolute atomic E-state index is 3.66. The molecule has 4 aromatic carbocycles. The zero-order valence-corrected chi connectivity index (χ0v) is 23.1. The molecule has 39 heavy (non-hydrogen) atoms. The molecule has 4 saturated carbocycles. The Balaban J connectivity index is 0.950. The summed E-state index contributed by atoms with van der Waals surface area (Å²) < 4.78 is 0. The summed E-state index contributed by atoms with van der Waals surface area (Å²) in [6, 6.07) is 34.4. The Morgan fingerprint density at radius 1 is 0.641 bits per heavy atom. The van der Waals surface area contributed by atoms with Gasteiger partial charge in [-0.05, 0) is 130 Å². The van der Waals surface area contributed by atoms with Gasteiger partial charge in [-0.1, -0.05) is 80.6 Å². The molecule has 5 aliphatic carbocycles. The quantitative estimate of drug-likeness (QED) is 0.290. The Bertz CT molecular complexity index is 1620. The summed E-state index contributed by atoms with van der Waals surface area (Å²) in [5.74, 6) is 3.10. The maximum Gasteiger partial charge on any atom is 0.0390 e. The second kappa shape index (κ2) is 7.45. The standard InChI is InChI=1S/C38H37N/c1-36(2)34-6-4-3-5-32(34)33-19-31(15-16-35(33)36)39-30-13-9-26(10-14-30)25-7-11-27(12-8-25)37-20-24-17-28-18-29(22-37)38(28,21-24)23-37/h3-16,19,24,28-29,39H,17-18,20-23H2,1-2H3. The molecule has 4 fully saturated rings. The van der Waals surface area contributed by atoms with E-state index < -0.39 is 0 Å². The van der Waals surface area contributed by atoms with Crippen molar-refractivity contribution in [3.63, 3.8) is 0 Å². The van der Waals surface area contributed by atoms with E-state index in [0.29, 0.717) is 5.41 Å². The first kappa shape index (κ1) is 22.5. The van der Waals surface area contributed by atoms with Gasteiger partial charge in [0.15, 0.2) is 0 Å². The van der Waals surface area contributed by atoms with Gasteiger partial charge in [-0.3, -0.25) is 0 Å². The van der Waals surface area contributed by atoms with E-state index in [-0.39, 0.29) is 5.41 Å². The first-order valence-corrected chi connectivity index (χ1v) is 15.2. The van der Waals surface area contributed by atoms with Gasteiger partial charge >= 0.3 is 0 Å². The molecule has 1 nitrogen and oxygen atoms in total. The van der Waals surface area contributed by atoms with E-state index in [2.05, 4.69) is 110 Å². The Morgan fingerprint density at radius 3 is 2.18 bits per heavy atom. The lowest BCUT2D eigenvalue weighted by Gasteiger charge is -2.49. The summed E-state index contributed by atoms with van der Waals surface area (Å²) in [7, 11) is 0. The molecule has 0 saturated heterocycles. The molecule has 0 aromatic heterocycles. The molecule has 0 amide bonds. The summed E-state index contributed by atoms with van der Waals surface area (Å²) in [6.45, 7) is 4.67. The Kier molecular flexibility index (Phi) is 4.29. The zero-order chi connectivity index (χ0) is 26.0. The fraction of sp³-hybridized carbons (Fsp3) is 0.368. The predicted octanol–water partition coefficient (Wildman–Crippen LogP) is 9.87. The Morgan fingerprint density at radius 2 is 1.36 bits per heavy atom. The van der Waals surface area contributed by atoms with Crippen LogP contribution in [0.4, 0.5) is 11.4 Å². The van der Waals surface area contributed by atoms with Crippen LogP contribution in [0.1, 0.15) is 69.1 Å². The monoisotopic (exact) mass is 507 g/mol. The molecule has 194 valence electrons. The first-order valence-electron chi connectivity index (χ1n) is 15.2. The summed E-state index contributed by atoms with van der Waals surface area (Å²) >= 11 is 0. The number of rotatable bonds is 4. The molecule has 9 rings (SSSR count). The van der Waals surface area contributed by atoms with Crippen molar-refractivity contribution in [1.82, 2.24) is 0 Å². The van der Waals surface area contributed by atoms with E-state index in [1.807, 2.05) is 0 Å². The van der Waals surface area contributed by atoms with Crippen molar-refractivity contribution in [2.45, 2.75) is 63.2 Å². The van der Waals surface area contributed by atoms with Crippen LogP contribution in [-0.4, -0.2) is 0 Å². The molecule has 1 spiro atoms. The van der Waals surface area contributed by atoms with Crippen LogP contribution in [0.2, 0.25) is 0 Å². The lowest BCUT2D eigenvalue weighted by Crippen LogP contribution is -2.42. The lowest BCUT2D eigenvalue weighted by molar-refractivity contribution is -0.000160. The number of benzene rings is 4. The second-order valence-corrected chi connectivity index (χ2v) is 14.2. The Hall–Kier alpha value is -3.32. The summed E-state index contributed by atoms with van der Waals surface area (Å²) in [5.41, 5.74) is 13.4. The summed E-state index contributed by atoms with van der Waals surface area (Å²) in [6.07, 6.45) is 9.02. The van der Waals surface area contributed by atoms with Crippen LogP contribution in [0.5, 0.6) is 0 Å². The third-order valence-corrected chi connectivity index (χ3v) is 12.1. The number of hydrogen-bond donors (Lipinski definition) is 1. The number of anilines is 2. The predicted molar refractivity (Wildman–Crippen MR) is 161 cm³/mol. The van der Waals surface area contributed by atoms with Crippen molar-refractivity contribution in [3.8, 4) is 22.3 Å². The molecular formula is C38H37N. The minimum Gasteiger partial charge on any atom is -0.356 e. The van der Waals surface area contributed by atoms with Gasteiger partial charge in [-0.2, -0.15) is 0 Å². The van der Waals surface area contributed by atoms with Crippen LogP contribution in [-0.2, 0) is 10.8 Å². The minimum absolute atomic E-state index is 0.0530. The average molecular weight is 508 g/mol. The van der Waals surface area contributed by atoms with Crippen LogP contribution in [0, 0.1) is 23.2 Å². The number of hydrogen-bond acceptors (Lipinski definition) is 1. The van der Waals surface area contributed by atoms with Gasteiger partial charge in [-0.15, -0.1) is 0 Å². The van der Waals surface area contributed by atoms with Gasteiger partial charge in [0.2, 0.25) is 0 Å². The van der Waals surface area contributed by atoms with Crippen LogP contribution in [0.15, 0.2) is 91.0 Å². The number of nitrogens with one attached hydrogen (secondary N) is 1. The van der Waals surface area contributed by atoms with Crippen molar-refractivity contribution in [2.24, 2.45) is 23.2 Å². The van der Waals surface area contributed by atoms with E-state index in [1.54, 1.807) is 12.0 Å². The molecule has 5 atom stereocenters. The molecular weight excluding hydrogens is 470 g/mol. The average Bonchev–Trinajstić information content (AvgIpc) is 3.39. The Labute approximate surface area is 232 Å². The van der Waals surface area contributed by atoms with Gasteiger partial charge in [0, 0.05) is 16.8 Å². The fourth-order valence-electron chi connectivity index (χ4n) is 10.4. The summed E-state index contributed by atoms with van der Waals surface area (Å²) in [4.78, 5) is 0. The lowest BCUT2D eigenvalue weighted by atomic mass is 9.55. The second-order valence-electron chi connectivity index (χ2n) is 14.2. The third kappa shape index (κ3) is 2.97. The minimum atomic E-state index is 0.0530. The molecule has 1 heteroatoms. The molecule has 1 N–H and O–H groups in total. The van der Waals surface area contributed by atoms with Gasteiger partial charge in [0.05, 0.1) is 0 Å². The highest BCUT2D eigenvalue weighted by atomic mass is 14.9. The van der Waals surface area contributed by atoms with E-state index in [4.69, 9.17) is 0 Å². The van der Waals surface area contributed by atoms with Crippen molar-refractivity contribution in [2.75, 3.05) is 5.32 Å². The molecule has 3 bridgehead atoms. The van der Waals surface area contributed by atoms with E-state index >= 15 is 0 Å². The van der Waals surface area contributed by atoms with Crippen molar-refractivity contribution in [3.05, 3.63) is 108 Å². The third-order valence-electron chi connectivity index (χ3n) is 12.1. The highest BCUT2D eigenvalue weighted by Gasteiger charge is 2.70. The van der Waals surface area contributed by atoms with Crippen LogP contribution in [0.3, 0.4) is 0 Å². The largest absolute Gasteiger partial charge is 0.356 e. The highest BCUT2D eigenvalue weighted by Crippen LogP contribution is 2.78. The smallest absolute Gasteiger partial charge is 0.0390 e. The van der Waals surface area contributed by atoms with E-state index in [1.165, 1.54) is 65.5 Å². The SMILES string of the molecule is CC1(C)c2ccccc2-c2cc(Nc3ccc(-c4ccc(C56CC7CC8CC(C5)C8(C7)C6)cc4)cc3)ccc21. The van der Waals surface area contributed by atoms with Gasteiger partial charge in [0.1, 0.15) is 0 Å². The van der Waals surface area contributed by atoms with Crippen molar-refractivity contribution >= 4 is 11.4 Å². The molecule has 5 aliphatic rings. The molecule has 0 radical (unpaired) electrons. The van der Waals surface area contributed by atoms with Gasteiger partial charge < -0.3 is 5.32 Å². The van der Waals surface area contributed by atoms with Gasteiger partial charge in [0.25, 0.3) is 0 Å². The maximum atomic E-state index is 3.66. The van der Waals surface area contributed by atoms with E-state index in [0.717, 1.165) is 34.5 Å². The van der Waals surface area contributed by atoms with Crippen LogP contribution >= 0.6 is 0 Å². The number of fused-ring (bicyclic) bond motifs is 5. The molecule has 0 heterocycles. The van der Waals surface area contributed by atoms with Crippen LogP contribution in [0.25, 0.3) is 22.3 Å². The van der Waals surface area contributed by atoms with Crippen molar-refractivity contribution < 1.29 is 0 Å². The van der Waals surface area contributed by atoms with E-state index in [9.17, 15) is 0 Å². The molecule has 4 aromatic rings. The highest BCUT2D eigenvalue weighted by molar-refractivity contribution is 5.83. The molecule has 0 aliphatic heterocycles. The van der Waals surface area contributed by atoms with Crippen LogP contribution < -0.4 is 5.32 Å². The summed E-state index contributed by atoms with van der Waals surface area (Å²) in [5, 5.41) is 3.66. The molecule has 5 unspecified atom stereocenters. The van der Waals surface area contributed by atoms with Gasteiger partial charge in [-0.25, -0.2) is 0 Å². The normalized spacial score (nSPS) is 31.9. The first-order chi connectivity index (χ1) is 18.9.